The summed E-state index contributed by atoms with van der Waals surface area (Å²) >= 11 is 0. The van der Waals surface area contributed by atoms with Gasteiger partial charge in [0, 0.05) is 32.4 Å². The van der Waals surface area contributed by atoms with Crippen LogP contribution >= 0.6 is 0 Å². The van der Waals surface area contributed by atoms with E-state index in [1.54, 1.807) is 12.4 Å². The van der Waals surface area contributed by atoms with Gasteiger partial charge in [0.1, 0.15) is 0 Å². The molecule has 0 bridgehead atoms. The van der Waals surface area contributed by atoms with Crippen molar-refractivity contribution in [2.45, 2.75) is 6.10 Å². The topological polar surface area (TPSA) is 80.9 Å². The van der Waals surface area contributed by atoms with Gasteiger partial charge in [0.05, 0.1) is 37.4 Å². The highest BCUT2D eigenvalue weighted by atomic mass is 16.6. The van der Waals surface area contributed by atoms with E-state index in [4.69, 9.17) is 15.2 Å². The van der Waals surface area contributed by atoms with Crippen LogP contribution in [0.2, 0.25) is 0 Å². The third-order valence-corrected chi connectivity index (χ3v) is 3.85. The zero-order valence-corrected chi connectivity index (χ0v) is 11.9. The minimum atomic E-state index is -0.448. The fourth-order valence-corrected chi connectivity index (χ4v) is 2.69. The van der Waals surface area contributed by atoms with Crippen LogP contribution in [0.5, 0.6) is 0 Å². The number of ether oxygens (including phenoxy) is 2. The van der Waals surface area contributed by atoms with Crippen molar-refractivity contribution in [2.75, 3.05) is 56.6 Å². The van der Waals surface area contributed by atoms with Crippen LogP contribution in [0, 0.1) is 0 Å². The Labute approximate surface area is 123 Å². The predicted octanol–water partition coefficient (Wildman–Crippen LogP) is -0.272. The summed E-state index contributed by atoms with van der Waals surface area (Å²) in [6.07, 6.45) is 2.94. The van der Waals surface area contributed by atoms with E-state index in [0.717, 1.165) is 18.8 Å². The Bertz CT molecular complexity index is 497. The summed E-state index contributed by atoms with van der Waals surface area (Å²) in [6.45, 7) is 4.27. The second kappa shape index (κ2) is 6.28. The first-order valence-corrected chi connectivity index (χ1v) is 7.18. The highest BCUT2D eigenvalue weighted by molar-refractivity contribution is 5.81. The van der Waals surface area contributed by atoms with Crippen LogP contribution in [-0.4, -0.2) is 67.9 Å². The van der Waals surface area contributed by atoms with Gasteiger partial charge in [-0.2, -0.15) is 0 Å². The standard InChI is InChI=1S/C14H20N4O3/c15-11-9-16-2-1-12(11)17-3-5-18(6-4-17)14(19)13-10-20-7-8-21-13/h1-2,9,13H,3-8,10,15H2. The molecule has 3 heterocycles. The molecule has 1 atom stereocenters. The van der Waals surface area contributed by atoms with Gasteiger partial charge in [-0.05, 0) is 6.07 Å². The maximum atomic E-state index is 12.3. The van der Waals surface area contributed by atoms with E-state index in [9.17, 15) is 4.79 Å². The van der Waals surface area contributed by atoms with Crippen molar-refractivity contribution in [3.05, 3.63) is 18.5 Å². The summed E-state index contributed by atoms with van der Waals surface area (Å²) in [5.41, 5.74) is 7.59. The molecule has 2 fully saturated rings. The number of anilines is 2. The summed E-state index contributed by atoms with van der Waals surface area (Å²) in [4.78, 5) is 20.3. The summed E-state index contributed by atoms with van der Waals surface area (Å²) < 4.78 is 10.8. The van der Waals surface area contributed by atoms with Crippen molar-refractivity contribution < 1.29 is 14.3 Å². The number of carbonyl (C=O) groups is 1. The molecule has 1 aromatic rings. The zero-order valence-electron chi connectivity index (χ0n) is 11.9. The van der Waals surface area contributed by atoms with Crippen molar-refractivity contribution in [1.82, 2.24) is 9.88 Å². The van der Waals surface area contributed by atoms with Gasteiger partial charge in [-0.3, -0.25) is 9.78 Å². The monoisotopic (exact) mass is 292 g/mol. The number of hydrogen-bond acceptors (Lipinski definition) is 6. The third-order valence-electron chi connectivity index (χ3n) is 3.85. The van der Waals surface area contributed by atoms with E-state index in [0.29, 0.717) is 38.6 Å². The van der Waals surface area contributed by atoms with Crippen LogP contribution in [0.25, 0.3) is 0 Å². The van der Waals surface area contributed by atoms with Gasteiger partial charge >= 0.3 is 0 Å². The molecule has 2 aliphatic rings. The van der Waals surface area contributed by atoms with E-state index >= 15 is 0 Å². The summed E-state index contributed by atoms with van der Waals surface area (Å²) in [6, 6.07) is 1.91. The lowest BCUT2D eigenvalue weighted by Crippen LogP contribution is -2.53. The molecule has 2 aliphatic heterocycles. The lowest BCUT2D eigenvalue weighted by atomic mass is 10.2. The average Bonchev–Trinajstić information content (AvgIpc) is 2.56. The summed E-state index contributed by atoms with van der Waals surface area (Å²) in [5, 5.41) is 0. The highest BCUT2D eigenvalue weighted by Crippen LogP contribution is 2.22. The van der Waals surface area contributed by atoms with Crippen molar-refractivity contribution in [2.24, 2.45) is 0 Å². The van der Waals surface area contributed by atoms with Crippen LogP contribution in [0.1, 0.15) is 0 Å². The Morgan fingerprint density at radius 2 is 2.10 bits per heavy atom. The second-order valence-corrected chi connectivity index (χ2v) is 5.18. The van der Waals surface area contributed by atoms with Crippen LogP contribution in [0.4, 0.5) is 11.4 Å². The zero-order chi connectivity index (χ0) is 14.7. The molecule has 1 unspecified atom stereocenters. The first-order chi connectivity index (χ1) is 10.3. The van der Waals surface area contributed by atoms with Crippen LogP contribution in [-0.2, 0) is 14.3 Å². The lowest BCUT2D eigenvalue weighted by molar-refractivity contribution is -0.158. The van der Waals surface area contributed by atoms with E-state index in [2.05, 4.69) is 9.88 Å². The molecule has 0 radical (unpaired) electrons. The molecule has 0 aromatic carbocycles. The fourth-order valence-electron chi connectivity index (χ4n) is 2.69. The molecule has 0 aliphatic carbocycles. The van der Waals surface area contributed by atoms with Gasteiger partial charge in [0.15, 0.2) is 6.10 Å². The number of piperazine rings is 1. The van der Waals surface area contributed by atoms with Gasteiger partial charge in [-0.15, -0.1) is 0 Å². The quantitative estimate of drug-likeness (QED) is 0.808. The summed E-state index contributed by atoms with van der Waals surface area (Å²) in [7, 11) is 0. The number of hydrogen-bond donors (Lipinski definition) is 1. The SMILES string of the molecule is Nc1cnccc1N1CCN(C(=O)C2COCCO2)CC1. The number of amides is 1. The molecule has 2 N–H and O–H groups in total. The molecular formula is C14H20N4O3. The molecule has 7 nitrogen and oxygen atoms in total. The smallest absolute Gasteiger partial charge is 0.254 e. The number of carbonyl (C=O) groups excluding carboxylic acids is 1. The molecule has 114 valence electrons. The third kappa shape index (κ3) is 3.08. The van der Waals surface area contributed by atoms with Gasteiger partial charge in [-0.25, -0.2) is 0 Å². The Balaban J connectivity index is 1.57. The maximum absolute atomic E-state index is 12.3. The van der Waals surface area contributed by atoms with E-state index < -0.39 is 6.10 Å². The van der Waals surface area contributed by atoms with Crippen molar-refractivity contribution in [3.8, 4) is 0 Å². The molecule has 2 saturated heterocycles. The molecule has 0 saturated carbocycles. The highest BCUT2D eigenvalue weighted by Gasteiger charge is 2.30. The van der Waals surface area contributed by atoms with E-state index in [-0.39, 0.29) is 5.91 Å². The Morgan fingerprint density at radius 3 is 2.76 bits per heavy atom. The van der Waals surface area contributed by atoms with Gasteiger partial charge in [0.25, 0.3) is 5.91 Å². The Morgan fingerprint density at radius 1 is 1.29 bits per heavy atom. The van der Waals surface area contributed by atoms with Gasteiger partial charge in [-0.1, -0.05) is 0 Å². The molecular weight excluding hydrogens is 272 g/mol. The van der Waals surface area contributed by atoms with Crippen LogP contribution in [0.3, 0.4) is 0 Å². The molecule has 3 rings (SSSR count). The van der Waals surface area contributed by atoms with Crippen LogP contribution < -0.4 is 10.6 Å². The normalized spacial score (nSPS) is 23.1. The lowest BCUT2D eigenvalue weighted by Gasteiger charge is -2.38. The molecule has 21 heavy (non-hydrogen) atoms. The van der Waals surface area contributed by atoms with Crippen molar-refractivity contribution >= 4 is 17.3 Å². The Hall–Kier alpha value is -1.86. The van der Waals surface area contributed by atoms with Crippen molar-refractivity contribution in [1.29, 1.82) is 0 Å². The number of pyridine rings is 1. The minimum absolute atomic E-state index is 0.0250. The largest absolute Gasteiger partial charge is 0.396 e. The van der Waals surface area contributed by atoms with E-state index in [1.807, 2.05) is 11.0 Å². The van der Waals surface area contributed by atoms with E-state index in [1.165, 1.54) is 0 Å². The molecule has 1 amide bonds. The van der Waals surface area contributed by atoms with Gasteiger partial charge in [0.2, 0.25) is 0 Å². The second-order valence-electron chi connectivity index (χ2n) is 5.18. The molecule has 7 heteroatoms. The van der Waals surface area contributed by atoms with Gasteiger partial charge < -0.3 is 25.0 Å². The molecule has 1 aromatic heterocycles. The average molecular weight is 292 g/mol. The number of rotatable bonds is 2. The van der Waals surface area contributed by atoms with Crippen molar-refractivity contribution in [3.63, 3.8) is 0 Å². The number of nitrogens with zero attached hydrogens (tertiary/aromatic N) is 3. The maximum Gasteiger partial charge on any atom is 0.254 e. The minimum Gasteiger partial charge on any atom is -0.396 e. The van der Waals surface area contributed by atoms with Crippen LogP contribution in [0.15, 0.2) is 18.5 Å². The fraction of sp³-hybridized carbons (Fsp3) is 0.571. The predicted molar refractivity (Wildman–Crippen MR) is 78.0 cm³/mol. The Kier molecular flexibility index (Phi) is 4.21. The first-order valence-electron chi connectivity index (χ1n) is 7.18. The number of nitrogens with two attached hydrogens (primary N) is 1. The number of nitrogen functional groups attached to an aromatic ring is 1. The summed E-state index contributed by atoms with van der Waals surface area (Å²) in [5.74, 6) is 0.0250. The first kappa shape index (κ1) is 14.1. The molecule has 0 spiro atoms. The number of aromatic nitrogens is 1.